The van der Waals surface area contributed by atoms with Crippen molar-refractivity contribution >= 4 is 5.91 Å². The molecule has 4 heteroatoms. The number of amides is 1. The zero-order valence-electron chi connectivity index (χ0n) is 48.6. The number of nitrogens with one attached hydrogen (secondary N) is 1. The lowest BCUT2D eigenvalue weighted by molar-refractivity contribution is -0.123. The van der Waals surface area contributed by atoms with E-state index in [4.69, 9.17) is 0 Å². The summed E-state index contributed by atoms with van der Waals surface area (Å²) in [4.78, 5) is 12.5. The quantitative estimate of drug-likeness (QED) is 0.0420. The van der Waals surface area contributed by atoms with Gasteiger partial charge in [0.05, 0.1) is 18.8 Å². The van der Waals surface area contributed by atoms with Crippen molar-refractivity contribution in [3.63, 3.8) is 0 Å². The third kappa shape index (κ3) is 59.4. The molecule has 0 radical (unpaired) electrons. The van der Waals surface area contributed by atoms with Crippen molar-refractivity contribution in [3.05, 3.63) is 134 Å². The summed E-state index contributed by atoms with van der Waals surface area (Å²) in [7, 11) is 0. The first-order chi connectivity index (χ1) is 36.7. The molecular weight excluding hydrogens is 903 g/mol. The molecule has 2 atom stereocenters. The van der Waals surface area contributed by atoms with Crippen LogP contribution < -0.4 is 5.32 Å². The Morgan fingerprint density at radius 1 is 0.338 bits per heavy atom. The fourth-order valence-electron chi connectivity index (χ4n) is 8.96. The van der Waals surface area contributed by atoms with Gasteiger partial charge in [-0.25, -0.2) is 0 Å². The van der Waals surface area contributed by atoms with Gasteiger partial charge in [-0.3, -0.25) is 4.79 Å². The van der Waals surface area contributed by atoms with Crippen LogP contribution in [0.25, 0.3) is 0 Å². The largest absolute Gasteiger partial charge is 0.394 e. The van der Waals surface area contributed by atoms with Crippen LogP contribution in [0, 0.1) is 0 Å². The number of rotatable bonds is 56. The molecule has 74 heavy (non-hydrogen) atoms. The van der Waals surface area contributed by atoms with Crippen molar-refractivity contribution < 1.29 is 15.0 Å². The molecule has 0 aromatic carbocycles. The summed E-state index contributed by atoms with van der Waals surface area (Å²) in [5, 5.41) is 23.4. The second-order valence-electron chi connectivity index (χ2n) is 20.7. The Morgan fingerprint density at radius 2 is 0.595 bits per heavy atom. The molecule has 422 valence electrons. The van der Waals surface area contributed by atoms with E-state index in [1.54, 1.807) is 0 Å². The van der Waals surface area contributed by atoms with E-state index >= 15 is 0 Å². The molecule has 0 fully saturated rings. The van der Waals surface area contributed by atoms with Crippen LogP contribution in [0.4, 0.5) is 0 Å². The zero-order valence-corrected chi connectivity index (χ0v) is 48.6. The molecule has 0 aliphatic heterocycles. The van der Waals surface area contributed by atoms with Crippen LogP contribution in [0.15, 0.2) is 134 Å². The fraction of sp³-hybridized carbons (Fsp3) is 0.671. The van der Waals surface area contributed by atoms with Gasteiger partial charge in [-0.1, -0.05) is 314 Å². The molecule has 0 saturated carbocycles. The molecule has 3 N–H and O–H groups in total. The van der Waals surface area contributed by atoms with Crippen LogP contribution in [-0.2, 0) is 4.79 Å². The summed E-state index contributed by atoms with van der Waals surface area (Å²) in [6.45, 7) is 4.25. The summed E-state index contributed by atoms with van der Waals surface area (Å²) >= 11 is 0. The number of hydrogen-bond donors (Lipinski definition) is 3. The third-order valence-corrected chi connectivity index (χ3v) is 13.7. The lowest BCUT2D eigenvalue weighted by Gasteiger charge is -2.22. The van der Waals surface area contributed by atoms with E-state index in [0.717, 1.165) is 109 Å². The van der Waals surface area contributed by atoms with Crippen molar-refractivity contribution in [3.8, 4) is 0 Å². The Labute approximate surface area is 460 Å². The average Bonchev–Trinajstić information content (AvgIpc) is 3.40. The summed E-state index contributed by atoms with van der Waals surface area (Å²) in [5.41, 5.74) is 0. The number of hydrogen-bond acceptors (Lipinski definition) is 3. The minimum absolute atomic E-state index is 0.0452. The van der Waals surface area contributed by atoms with Gasteiger partial charge in [0, 0.05) is 6.42 Å². The van der Waals surface area contributed by atoms with Crippen molar-refractivity contribution in [1.82, 2.24) is 5.32 Å². The van der Waals surface area contributed by atoms with Crippen LogP contribution in [0.5, 0.6) is 0 Å². The maximum absolute atomic E-state index is 12.5. The van der Waals surface area contributed by atoms with Crippen LogP contribution >= 0.6 is 0 Å². The van der Waals surface area contributed by atoms with Gasteiger partial charge in [0.1, 0.15) is 0 Å². The first-order valence-corrected chi connectivity index (χ1v) is 31.4. The number of carbonyl (C=O) groups is 1. The Balaban J connectivity index is 3.61. The number of carbonyl (C=O) groups excluding carboxylic acids is 1. The lowest BCUT2D eigenvalue weighted by Crippen LogP contribution is -2.45. The summed E-state index contributed by atoms with van der Waals surface area (Å²) in [6, 6.07) is -0.553. The van der Waals surface area contributed by atoms with Gasteiger partial charge in [0.2, 0.25) is 5.91 Å². The molecule has 2 unspecified atom stereocenters. The maximum atomic E-state index is 12.5. The Kier molecular flexibility index (Phi) is 60.8. The molecule has 0 aromatic heterocycles. The number of allylic oxidation sites excluding steroid dienone is 22. The standard InChI is InChI=1S/C70H119NO3/c1-3-5-7-9-11-13-15-17-19-21-23-25-26-27-28-29-30-31-32-33-34-35-36-37-38-39-40-41-42-43-44-46-48-50-52-54-56-58-60-62-64-66-70(74)71-68(67-72)69(73)65-63-61-59-57-55-53-51-49-47-45-24-22-20-18-16-14-12-10-8-6-4-2/h5,7,11,13,17,19,23,25,27-28,30-31,33-34,36-37,39-40,42-43,46,48,68-69,72-73H,3-4,6,8-10,12,14-16,18,20-22,24,26,29,32,35,38,41,44-45,47,49-67H2,1-2H3,(H,71,74)/b7-5-,13-11-,19-17-,25-23-,28-27-,31-30-,34-33-,37-36-,40-39-,43-42-,48-46-. The van der Waals surface area contributed by atoms with Crippen LogP contribution in [-0.4, -0.2) is 34.9 Å². The van der Waals surface area contributed by atoms with Crippen LogP contribution in [0.2, 0.25) is 0 Å². The number of unbranched alkanes of at least 4 members (excludes halogenated alkanes) is 27. The van der Waals surface area contributed by atoms with Gasteiger partial charge in [0.15, 0.2) is 0 Å². The lowest BCUT2D eigenvalue weighted by atomic mass is 10.0. The molecule has 0 heterocycles. The minimum Gasteiger partial charge on any atom is -0.394 e. The molecule has 0 aromatic rings. The highest BCUT2D eigenvalue weighted by atomic mass is 16.3. The zero-order chi connectivity index (χ0) is 53.4. The molecule has 1 amide bonds. The van der Waals surface area contributed by atoms with Crippen LogP contribution in [0.1, 0.15) is 284 Å². The topological polar surface area (TPSA) is 69.6 Å². The monoisotopic (exact) mass is 1020 g/mol. The second kappa shape index (κ2) is 63.8. The molecule has 0 spiro atoms. The number of aliphatic hydroxyl groups is 2. The van der Waals surface area contributed by atoms with E-state index in [-0.39, 0.29) is 12.5 Å². The summed E-state index contributed by atoms with van der Waals surface area (Å²) in [6.07, 6.45) is 98.8. The average molecular weight is 1020 g/mol. The van der Waals surface area contributed by atoms with Crippen molar-refractivity contribution in [2.75, 3.05) is 6.61 Å². The smallest absolute Gasteiger partial charge is 0.220 e. The fourth-order valence-corrected chi connectivity index (χ4v) is 8.96. The van der Waals surface area contributed by atoms with Crippen LogP contribution in [0.3, 0.4) is 0 Å². The normalized spacial score (nSPS) is 13.7. The number of aliphatic hydroxyl groups excluding tert-OH is 2. The third-order valence-electron chi connectivity index (χ3n) is 13.7. The van der Waals surface area contributed by atoms with E-state index < -0.39 is 12.1 Å². The highest BCUT2D eigenvalue weighted by Crippen LogP contribution is 2.17. The SMILES string of the molecule is CC/C=C\C/C=C\C/C=C\C/C=C\C/C=C\C/C=C\C/C=C\C/C=C\C/C=C\C/C=C\C/C=C\CCCCCCCCCC(=O)NC(CO)C(O)CCCCCCCCCCCCCCCCCCCCCCC. The minimum atomic E-state index is -0.674. The van der Waals surface area contributed by atoms with E-state index in [9.17, 15) is 15.0 Å². The van der Waals surface area contributed by atoms with Gasteiger partial charge >= 0.3 is 0 Å². The molecule has 0 rings (SSSR count). The van der Waals surface area contributed by atoms with E-state index in [1.165, 1.54) is 148 Å². The van der Waals surface area contributed by atoms with Crippen molar-refractivity contribution in [2.45, 2.75) is 296 Å². The molecule has 4 nitrogen and oxygen atoms in total. The predicted molar refractivity (Wildman–Crippen MR) is 331 cm³/mol. The molecule has 0 bridgehead atoms. The molecule has 0 saturated heterocycles. The van der Waals surface area contributed by atoms with E-state index in [0.29, 0.717) is 12.8 Å². The van der Waals surface area contributed by atoms with Gasteiger partial charge in [-0.15, -0.1) is 0 Å². The Morgan fingerprint density at radius 3 is 0.892 bits per heavy atom. The van der Waals surface area contributed by atoms with Crippen molar-refractivity contribution in [1.29, 1.82) is 0 Å². The van der Waals surface area contributed by atoms with Gasteiger partial charge in [-0.05, 0) is 96.3 Å². The van der Waals surface area contributed by atoms with Gasteiger partial charge < -0.3 is 15.5 Å². The highest BCUT2D eigenvalue weighted by Gasteiger charge is 2.20. The van der Waals surface area contributed by atoms with Gasteiger partial charge in [-0.2, -0.15) is 0 Å². The predicted octanol–water partition coefficient (Wildman–Crippen LogP) is 21.4. The van der Waals surface area contributed by atoms with Gasteiger partial charge in [0.25, 0.3) is 0 Å². The molecular formula is C70H119NO3. The Bertz CT molecular complexity index is 1490. The second-order valence-corrected chi connectivity index (χ2v) is 20.7. The highest BCUT2D eigenvalue weighted by molar-refractivity contribution is 5.76. The maximum Gasteiger partial charge on any atom is 0.220 e. The molecule has 0 aliphatic carbocycles. The molecule has 0 aliphatic rings. The summed E-state index contributed by atoms with van der Waals surface area (Å²) < 4.78 is 0. The van der Waals surface area contributed by atoms with E-state index in [1.807, 2.05) is 0 Å². The van der Waals surface area contributed by atoms with E-state index in [2.05, 4.69) is 153 Å². The first kappa shape index (κ1) is 70.5. The Hall–Kier alpha value is -3.47. The summed E-state index contributed by atoms with van der Waals surface area (Å²) in [5.74, 6) is -0.0452. The first-order valence-electron chi connectivity index (χ1n) is 31.4. The van der Waals surface area contributed by atoms with Crippen molar-refractivity contribution in [2.24, 2.45) is 0 Å².